The summed E-state index contributed by atoms with van der Waals surface area (Å²) in [4.78, 5) is 0.124. The van der Waals surface area contributed by atoms with Crippen molar-refractivity contribution in [3.8, 4) is 5.75 Å². The molecule has 0 saturated heterocycles. The molecule has 1 aliphatic heterocycles. The topological polar surface area (TPSA) is 92.4 Å². The molecule has 28 heavy (non-hydrogen) atoms. The van der Waals surface area contributed by atoms with Crippen molar-refractivity contribution >= 4 is 26.5 Å². The summed E-state index contributed by atoms with van der Waals surface area (Å²) in [5, 5.41) is 21.7. The summed E-state index contributed by atoms with van der Waals surface area (Å²) in [6.45, 7) is 0. The van der Waals surface area contributed by atoms with Gasteiger partial charge in [0.2, 0.25) is 10.0 Å². The molecule has 3 aromatic carbocycles. The van der Waals surface area contributed by atoms with E-state index >= 15 is 0 Å². The van der Waals surface area contributed by atoms with E-state index in [4.69, 9.17) is 5.14 Å². The lowest BCUT2D eigenvalue weighted by Gasteiger charge is -2.38. The number of hydrogen-bond acceptors (Lipinski definition) is 4. The van der Waals surface area contributed by atoms with Crippen LogP contribution in [0.3, 0.4) is 0 Å². The first-order valence-corrected chi connectivity index (χ1v) is 10.8. The first-order chi connectivity index (χ1) is 13.4. The zero-order chi connectivity index (χ0) is 19.5. The number of sulfonamides is 1. The first-order valence-electron chi connectivity index (χ1n) is 9.24. The molecule has 0 amide bonds. The lowest BCUT2D eigenvalue weighted by Crippen LogP contribution is -2.29. The lowest BCUT2D eigenvalue weighted by atomic mass is 9.76. The van der Waals surface area contributed by atoms with Gasteiger partial charge in [-0.2, -0.15) is 0 Å². The highest BCUT2D eigenvalue weighted by atomic mass is 32.2. The minimum Gasteiger partial charge on any atom is -0.508 e. The molecule has 3 atom stereocenters. The van der Waals surface area contributed by atoms with Crippen molar-refractivity contribution < 1.29 is 13.5 Å². The van der Waals surface area contributed by atoms with Crippen LogP contribution in [0.5, 0.6) is 5.75 Å². The summed E-state index contributed by atoms with van der Waals surface area (Å²) in [7, 11) is -3.76. The Morgan fingerprint density at radius 2 is 1.89 bits per heavy atom. The van der Waals surface area contributed by atoms with Gasteiger partial charge in [0.15, 0.2) is 0 Å². The summed E-state index contributed by atoms with van der Waals surface area (Å²) in [5.74, 6) is 0.521. The van der Waals surface area contributed by atoms with Crippen LogP contribution in [0.1, 0.15) is 29.5 Å². The third kappa shape index (κ3) is 2.60. The van der Waals surface area contributed by atoms with Crippen LogP contribution in [0.2, 0.25) is 0 Å². The Labute approximate surface area is 163 Å². The zero-order valence-electron chi connectivity index (χ0n) is 15.0. The number of anilines is 1. The molecule has 5 rings (SSSR count). The standard InChI is InChI=1S/C22H20N2O3S/c23-28(26,27)14-9-10-19-18(12-14)16-6-3-7-17(16)22(24-19)21-15-5-2-1-4-13(15)8-11-20(21)25/h1-6,8-12,16-17,22,24-25H,7H2,(H2,23,26,27). The molecule has 0 radical (unpaired) electrons. The van der Waals surface area contributed by atoms with Crippen molar-refractivity contribution in [3.63, 3.8) is 0 Å². The number of nitrogens with two attached hydrogens (primary N) is 1. The molecule has 0 saturated carbocycles. The van der Waals surface area contributed by atoms with Crippen LogP contribution in [0.4, 0.5) is 5.69 Å². The average molecular weight is 392 g/mol. The van der Waals surface area contributed by atoms with Gasteiger partial charge in [0.25, 0.3) is 0 Å². The monoisotopic (exact) mass is 392 g/mol. The summed E-state index contributed by atoms with van der Waals surface area (Å²) >= 11 is 0. The molecule has 3 unspecified atom stereocenters. The molecule has 3 aromatic rings. The number of aromatic hydroxyl groups is 1. The Morgan fingerprint density at radius 3 is 2.71 bits per heavy atom. The number of phenols is 1. The van der Waals surface area contributed by atoms with E-state index in [9.17, 15) is 13.5 Å². The van der Waals surface area contributed by atoms with Crippen molar-refractivity contribution in [2.45, 2.75) is 23.3 Å². The van der Waals surface area contributed by atoms with Gasteiger partial charge >= 0.3 is 0 Å². The van der Waals surface area contributed by atoms with Crippen molar-refractivity contribution in [3.05, 3.63) is 77.9 Å². The van der Waals surface area contributed by atoms with E-state index in [-0.39, 0.29) is 28.5 Å². The van der Waals surface area contributed by atoms with Gasteiger partial charge in [-0.15, -0.1) is 0 Å². The summed E-state index contributed by atoms with van der Waals surface area (Å²) in [6, 6.07) is 16.6. The van der Waals surface area contributed by atoms with Crippen LogP contribution < -0.4 is 10.5 Å². The molecule has 142 valence electrons. The third-order valence-corrected chi connectivity index (χ3v) is 6.83. The summed E-state index contributed by atoms with van der Waals surface area (Å²) in [6.07, 6.45) is 5.11. The fourth-order valence-corrected chi connectivity index (χ4v) is 5.20. The van der Waals surface area contributed by atoms with E-state index in [1.165, 1.54) is 6.07 Å². The van der Waals surface area contributed by atoms with Crippen LogP contribution >= 0.6 is 0 Å². The number of rotatable bonds is 2. The molecule has 0 bridgehead atoms. The quantitative estimate of drug-likeness (QED) is 0.574. The van der Waals surface area contributed by atoms with Gasteiger partial charge in [-0.3, -0.25) is 0 Å². The Morgan fingerprint density at radius 1 is 1.07 bits per heavy atom. The van der Waals surface area contributed by atoms with E-state index in [0.717, 1.165) is 34.0 Å². The minimum absolute atomic E-state index is 0.0707. The Balaban J connectivity index is 1.68. The molecular weight excluding hydrogens is 372 g/mol. The summed E-state index contributed by atoms with van der Waals surface area (Å²) in [5.41, 5.74) is 2.69. The van der Waals surface area contributed by atoms with Crippen LogP contribution in [0, 0.1) is 5.92 Å². The number of fused-ring (bicyclic) bond motifs is 4. The molecule has 0 spiro atoms. The maximum absolute atomic E-state index is 11.8. The van der Waals surface area contributed by atoms with E-state index in [0.29, 0.717) is 0 Å². The van der Waals surface area contributed by atoms with Crippen LogP contribution in [0.25, 0.3) is 10.8 Å². The number of nitrogens with one attached hydrogen (secondary N) is 1. The van der Waals surface area contributed by atoms with Gasteiger partial charge in [-0.1, -0.05) is 42.5 Å². The van der Waals surface area contributed by atoms with Gasteiger partial charge in [-0.05, 0) is 52.9 Å². The Hall–Kier alpha value is -2.83. The average Bonchev–Trinajstić information content (AvgIpc) is 3.17. The van der Waals surface area contributed by atoms with Gasteiger partial charge in [0, 0.05) is 17.2 Å². The highest BCUT2D eigenvalue weighted by molar-refractivity contribution is 7.89. The highest BCUT2D eigenvalue weighted by Crippen LogP contribution is 2.52. The molecule has 1 aliphatic carbocycles. The molecule has 0 fully saturated rings. The molecule has 1 heterocycles. The molecule has 0 aromatic heterocycles. The number of allylic oxidation sites excluding steroid dienone is 2. The third-order valence-electron chi connectivity index (χ3n) is 5.92. The predicted octanol–water partition coefficient (Wildman–Crippen LogP) is 4.02. The van der Waals surface area contributed by atoms with Crippen molar-refractivity contribution in [2.75, 3.05) is 5.32 Å². The first kappa shape index (κ1) is 17.3. The fourth-order valence-electron chi connectivity index (χ4n) is 4.65. The van der Waals surface area contributed by atoms with Gasteiger partial charge in [-0.25, -0.2) is 13.6 Å². The number of phenolic OH excluding ortho intramolecular Hbond substituents is 1. The van der Waals surface area contributed by atoms with Crippen molar-refractivity contribution in [1.82, 2.24) is 0 Å². The number of hydrogen-bond donors (Lipinski definition) is 3. The smallest absolute Gasteiger partial charge is 0.238 e. The van der Waals surface area contributed by atoms with Crippen LogP contribution in [0.15, 0.2) is 71.6 Å². The Bertz CT molecular complexity index is 1230. The normalized spacial score (nSPS) is 23.2. The van der Waals surface area contributed by atoms with Gasteiger partial charge in [0.1, 0.15) is 5.75 Å². The second-order valence-electron chi connectivity index (χ2n) is 7.49. The molecule has 4 N–H and O–H groups in total. The van der Waals surface area contributed by atoms with Gasteiger partial charge < -0.3 is 10.4 Å². The van der Waals surface area contributed by atoms with Crippen LogP contribution in [-0.4, -0.2) is 13.5 Å². The predicted molar refractivity (Wildman–Crippen MR) is 110 cm³/mol. The van der Waals surface area contributed by atoms with Crippen molar-refractivity contribution in [1.29, 1.82) is 0 Å². The number of benzene rings is 3. The van der Waals surface area contributed by atoms with E-state index < -0.39 is 10.0 Å². The maximum Gasteiger partial charge on any atom is 0.238 e. The highest BCUT2D eigenvalue weighted by Gasteiger charge is 2.39. The maximum atomic E-state index is 11.8. The fraction of sp³-hybridized carbons (Fsp3) is 0.182. The molecule has 2 aliphatic rings. The van der Waals surface area contributed by atoms with Gasteiger partial charge in [0.05, 0.1) is 10.9 Å². The molecule has 6 heteroatoms. The van der Waals surface area contributed by atoms with E-state index in [1.807, 2.05) is 30.3 Å². The Kier molecular flexibility index (Phi) is 3.76. The second kappa shape index (κ2) is 6.09. The summed E-state index contributed by atoms with van der Waals surface area (Å²) < 4.78 is 23.6. The lowest BCUT2D eigenvalue weighted by molar-refractivity contribution is 0.404. The zero-order valence-corrected chi connectivity index (χ0v) is 15.9. The van der Waals surface area contributed by atoms with Crippen molar-refractivity contribution in [2.24, 2.45) is 11.1 Å². The largest absolute Gasteiger partial charge is 0.508 e. The minimum atomic E-state index is -3.76. The van der Waals surface area contributed by atoms with E-state index in [1.54, 1.807) is 18.2 Å². The van der Waals surface area contributed by atoms with Crippen LogP contribution in [-0.2, 0) is 10.0 Å². The molecule has 5 nitrogen and oxygen atoms in total. The number of primary sulfonamides is 1. The second-order valence-corrected chi connectivity index (χ2v) is 9.05. The van der Waals surface area contributed by atoms with E-state index in [2.05, 4.69) is 17.5 Å². The SMILES string of the molecule is NS(=O)(=O)c1ccc2c(c1)C1C=CCC1C(c1c(O)ccc3ccccc13)N2. The molecular formula is C22H20N2O3S.